The molecule has 6 heteroatoms. The van der Waals surface area contributed by atoms with E-state index in [1.54, 1.807) is 6.92 Å². The zero-order valence-electron chi connectivity index (χ0n) is 11.4. The molecule has 0 bridgehead atoms. The van der Waals surface area contributed by atoms with E-state index in [0.29, 0.717) is 18.7 Å². The molecule has 1 unspecified atom stereocenters. The maximum Gasteiger partial charge on any atom is 0.316 e. The number of hydrogen-bond acceptors (Lipinski definition) is 6. The fourth-order valence-electron chi connectivity index (χ4n) is 1.63. The van der Waals surface area contributed by atoms with Gasteiger partial charge in [-0.3, -0.25) is 9.59 Å². The van der Waals surface area contributed by atoms with Gasteiger partial charge < -0.3 is 9.47 Å². The summed E-state index contributed by atoms with van der Waals surface area (Å²) in [6, 6.07) is 3.03. The second-order valence-corrected chi connectivity index (χ2v) is 3.92. The van der Waals surface area contributed by atoms with Crippen molar-refractivity contribution in [1.29, 1.82) is 0 Å². The van der Waals surface area contributed by atoms with Gasteiger partial charge in [-0.15, -0.1) is 10.2 Å². The van der Waals surface area contributed by atoms with Gasteiger partial charge in [0.25, 0.3) is 0 Å². The molecule has 0 fully saturated rings. The highest BCUT2D eigenvalue weighted by molar-refractivity contribution is 6.07. The van der Waals surface area contributed by atoms with Crippen LogP contribution in [0.4, 0.5) is 0 Å². The van der Waals surface area contributed by atoms with E-state index in [1.165, 1.54) is 19.2 Å². The zero-order chi connectivity index (χ0) is 14.3. The maximum atomic E-state index is 12.2. The van der Waals surface area contributed by atoms with Crippen LogP contribution in [0.25, 0.3) is 0 Å². The highest BCUT2D eigenvalue weighted by atomic mass is 16.5. The summed E-state index contributed by atoms with van der Waals surface area (Å²) in [4.78, 5) is 24.0. The molecule has 0 aliphatic rings. The van der Waals surface area contributed by atoms with Crippen molar-refractivity contribution in [3.05, 3.63) is 17.8 Å². The van der Waals surface area contributed by atoms with Crippen molar-refractivity contribution in [2.75, 3.05) is 13.7 Å². The lowest BCUT2D eigenvalue weighted by molar-refractivity contribution is -0.146. The van der Waals surface area contributed by atoms with E-state index in [0.717, 1.165) is 0 Å². The minimum atomic E-state index is -0.812. The van der Waals surface area contributed by atoms with E-state index < -0.39 is 11.9 Å². The SMILES string of the molecule is CCCC(C(=O)OCC)C(=O)c1ccc(OC)nn1. The third-order valence-electron chi connectivity index (χ3n) is 2.57. The van der Waals surface area contributed by atoms with Gasteiger partial charge in [0.2, 0.25) is 5.88 Å². The smallest absolute Gasteiger partial charge is 0.316 e. The van der Waals surface area contributed by atoms with Crippen molar-refractivity contribution in [1.82, 2.24) is 10.2 Å². The van der Waals surface area contributed by atoms with Gasteiger partial charge in [-0.25, -0.2) is 0 Å². The summed E-state index contributed by atoms with van der Waals surface area (Å²) in [5.74, 6) is -1.37. The summed E-state index contributed by atoms with van der Waals surface area (Å²) in [5.41, 5.74) is 0.146. The molecule has 1 heterocycles. The topological polar surface area (TPSA) is 78.4 Å². The second-order valence-electron chi connectivity index (χ2n) is 3.92. The first kappa shape index (κ1) is 15.1. The van der Waals surface area contributed by atoms with Crippen molar-refractivity contribution in [3.63, 3.8) is 0 Å². The first-order valence-corrected chi connectivity index (χ1v) is 6.22. The lowest BCUT2D eigenvalue weighted by Gasteiger charge is -2.12. The van der Waals surface area contributed by atoms with E-state index in [4.69, 9.17) is 9.47 Å². The van der Waals surface area contributed by atoms with Crippen molar-refractivity contribution in [3.8, 4) is 5.88 Å². The molecular weight excluding hydrogens is 248 g/mol. The predicted molar refractivity (Wildman–Crippen MR) is 67.9 cm³/mol. The molecule has 6 nitrogen and oxygen atoms in total. The molecule has 0 saturated heterocycles. The van der Waals surface area contributed by atoms with Gasteiger partial charge in [-0.1, -0.05) is 13.3 Å². The van der Waals surface area contributed by atoms with Gasteiger partial charge in [0.1, 0.15) is 11.6 Å². The Morgan fingerprint density at radius 1 is 1.26 bits per heavy atom. The minimum Gasteiger partial charge on any atom is -0.480 e. The van der Waals surface area contributed by atoms with Crippen molar-refractivity contribution in [2.45, 2.75) is 26.7 Å². The number of rotatable bonds is 7. The number of Topliss-reactive ketones (excluding diaryl/α,β-unsaturated/α-hetero) is 1. The fraction of sp³-hybridized carbons (Fsp3) is 0.538. The fourth-order valence-corrected chi connectivity index (χ4v) is 1.63. The number of nitrogens with zero attached hydrogens (tertiary/aromatic N) is 2. The van der Waals surface area contributed by atoms with Crippen LogP contribution in [-0.2, 0) is 9.53 Å². The molecule has 19 heavy (non-hydrogen) atoms. The number of hydrogen-bond donors (Lipinski definition) is 0. The first-order valence-electron chi connectivity index (χ1n) is 6.22. The van der Waals surface area contributed by atoms with Crippen LogP contribution in [0, 0.1) is 5.92 Å². The summed E-state index contributed by atoms with van der Waals surface area (Å²) >= 11 is 0. The Morgan fingerprint density at radius 3 is 2.47 bits per heavy atom. The summed E-state index contributed by atoms with van der Waals surface area (Å²) in [5, 5.41) is 7.48. The molecule has 0 radical (unpaired) electrons. The summed E-state index contributed by atoms with van der Waals surface area (Å²) in [6.07, 6.45) is 1.14. The first-order chi connectivity index (χ1) is 9.13. The molecule has 1 aromatic rings. The van der Waals surface area contributed by atoms with Gasteiger partial charge in [0.15, 0.2) is 5.78 Å². The van der Waals surface area contributed by atoms with Crippen LogP contribution in [0.2, 0.25) is 0 Å². The molecule has 1 rings (SSSR count). The van der Waals surface area contributed by atoms with Crippen LogP contribution in [0.1, 0.15) is 37.2 Å². The van der Waals surface area contributed by atoms with Gasteiger partial charge >= 0.3 is 5.97 Å². The molecular formula is C13H18N2O4. The average Bonchev–Trinajstić information content (AvgIpc) is 2.44. The predicted octanol–water partition coefficient (Wildman–Crippen LogP) is 1.65. The summed E-state index contributed by atoms with van der Waals surface area (Å²) in [6.45, 7) is 3.86. The van der Waals surface area contributed by atoms with Gasteiger partial charge in [0.05, 0.1) is 13.7 Å². The molecule has 0 spiro atoms. The van der Waals surface area contributed by atoms with Crippen molar-refractivity contribution >= 4 is 11.8 Å². The number of carbonyl (C=O) groups excluding carboxylic acids is 2. The van der Waals surface area contributed by atoms with Crippen LogP contribution in [0.15, 0.2) is 12.1 Å². The molecule has 1 aromatic heterocycles. The standard InChI is InChI=1S/C13H18N2O4/c1-4-6-9(13(17)19-5-2)12(16)10-7-8-11(18-3)15-14-10/h7-9H,4-6H2,1-3H3. The molecule has 0 N–H and O–H groups in total. The van der Waals surface area contributed by atoms with Crippen molar-refractivity contribution in [2.24, 2.45) is 5.92 Å². The monoisotopic (exact) mass is 266 g/mol. The van der Waals surface area contributed by atoms with E-state index in [2.05, 4.69) is 10.2 Å². The van der Waals surface area contributed by atoms with Gasteiger partial charge in [-0.2, -0.15) is 0 Å². The Hall–Kier alpha value is -1.98. The normalized spacial score (nSPS) is 11.7. The van der Waals surface area contributed by atoms with Crippen LogP contribution in [0.5, 0.6) is 5.88 Å². The number of esters is 1. The Morgan fingerprint density at radius 2 is 2.00 bits per heavy atom. The van der Waals surface area contributed by atoms with Crippen LogP contribution < -0.4 is 4.74 Å². The quantitative estimate of drug-likeness (QED) is 0.424. The lowest BCUT2D eigenvalue weighted by Crippen LogP contribution is -2.27. The molecule has 0 aliphatic heterocycles. The Labute approximate surface area is 112 Å². The van der Waals surface area contributed by atoms with Gasteiger partial charge in [0, 0.05) is 6.07 Å². The number of ether oxygens (including phenoxy) is 2. The maximum absolute atomic E-state index is 12.2. The molecule has 104 valence electrons. The third-order valence-corrected chi connectivity index (χ3v) is 2.57. The van der Waals surface area contributed by atoms with E-state index >= 15 is 0 Å². The molecule has 0 saturated carbocycles. The Bertz CT molecular complexity index is 431. The lowest BCUT2D eigenvalue weighted by atomic mass is 9.96. The third kappa shape index (κ3) is 4.01. The highest BCUT2D eigenvalue weighted by Gasteiger charge is 2.29. The molecule has 0 amide bonds. The minimum absolute atomic E-state index is 0.146. The Balaban J connectivity index is 2.88. The van der Waals surface area contributed by atoms with E-state index in [1.807, 2.05) is 6.92 Å². The number of carbonyl (C=O) groups is 2. The molecule has 1 atom stereocenters. The Kier molecular flexibility index (Phi) is 5.92. The van der Waals surface area contributed by atoms with Crippen LogP contribution in [0.3, 0.4) is 0 Å². The van der Waals surface area contributed by atoms with E-state index in [9.17, 15) is 9.59 Å². The van der Waals surface area contributed by atoms with Crippen LogP contribution in [-0.4, -0.2) is 35.7 Å². The van der Waals surface area contributed by atoms with E-state index in [-0.39, 0.29) is 18.1 Å². The number of methoxy groups -OCH3 is 1. The van der Waals surface area contributed by atoms with Crippen molar-refractivity contribution < 1.29 is 19.1 Å². The molecule has 0 aromatic carbocycles. The van der Waals surface area contributed by atoms with Gasteiger partial charge in [-0.05, 0) is 19.4 Å². The summed E-state index contributed by atoms with van der Waals surface area (Å²) in [7, 11) is 1.46. The summed E-state index contributed by atoms with van der Waals surface area (Å²) < 4.78 is 9.78. The molecule has 0 aliphatic carbocycles. The average molecular weight is 266 g/mol. The number of aromatic nitrogens is 2. The largest absolute Gasteiger partial charge is 0.480 e. The van der Waals surface area contributed by atoms with Crippen LogP contribution >= 0.6 is 0 Å². The zero-order valence-corrected chi connectivity index (χ0v) is 11.4. The second kappa shape index (κ2) is 7.45. The number of ketones is 1. The highest BCUT2D eigenvalue weighted by Crippen LogP contribution is 2.16.